The molecule has 0 aromatic heterocycles. The zero-order valence-electron chi connectivity index (χ0n) is 15.9. The molecule has 138 valence electrons. The lowest BCUT2D eigenvalue weighted by Gasteiger charge is -2.24. The molecule has 1 N–H and O–H groups in total. The highest BCUT2D eigenvalue weighted by Crippen LogP contribution is 2.29. The van der Waals surface area contributed by atoms with Gasteiger partial charge < -0.3 is 5.11 Å². The van der Waals surface area contributed by atoms with Crippen LogP contribution in [0.1, 0.15) is 36.9 Å². The molecule has 1 atom stereocenters. The first kappa shape index (κ1) is 18.0. The predicted octanol–water partition coefficient (Wildman–Crippen LogP) is 5.67. The molecule has 1 saturated heterocycles. The zero-order chi connectivity index (χ0) is 18.6. The quantitative estimate of drug-likeness (QED) is 0.636. The second-order valence-corrected chi connectivity index (χ2v) is 7.43. The fourth-order valence-corrected chi connectivity index (χ4v) is 4.08. The second kappa shape index (κ2) is 8.08. The highest BCUT2D eigenvalue weighted by molar-refractivity contribution is 5.72. The molecule has 0 spiro atoms. The second-order valence-electron chi connectivity index (χ2n) is 7.43. The predicted molar refractivity (Wildman–Crippen MR) is 112 cm³/mol. The molecule has 3 aromatic carbocycles. The van der Waals surface area contributed by atoms with Gasteiger partial charge in [0.2, 0.25) is 0 Å². The van der Waals surface area contributed by atoms with Crippen molar-refractivity contribution >= 4 is 0 Å². The van der Waals surface area contributed by atoms with Crippen LogP contribution in [-0.2, 0) is 6.61 Å². The van der Waals surface area contributed by atoms with Gasteiger partial charge in [-0.15, -0.1) is 0 Å². The van der Waals surface area contributed by atoms with Crippen LogP contribution in [0.5, 0.6) is 0 Å². The van der Waals surface area contributed by atoms with Crippen LogP contribution in [0.2, 0.25) is 0 Å². The minimum absolute atomic E-state index is 0.0641. The van der Waals surface area contributed by atoms with E-state index in [2.05, 4.69) is 66.4 Å². The summed E-state index contributed by atoms with van der Waals surface area (Å²) in [7, 11) is 0. The molecule has 0 amide bonds. The van der Waals surface area contributed by atoms with E-state index in [0.29, 0.717) is 6.04 Å². The van der Waals surface area contributed by atoms with E-state index in [1.54, 1.807) is 0 Å². The molecular weight excluding hydrogens is 330 g/mol. The van der Waals surface area contributed by atoms with Gasteiger partial charge in [-0.3, -0.25) is 4.90 Å². The van der Waals surface area contributed by atoms with Gasteiger partial charge in [-0.1, -0.05) is 72.8 Å². The van der Waals surface area contributed by atoms with Crippen LogP contribution in [0.25, 0.3) is 22.3 Å². The fourth-order valence-electron chi connectivity index (χ4n) is 4.08. The van der Waals surface area contributed by atoms with Crippen molar-refractivity contribution in [3.8, 4) is 22.3 Å². The Kier molecular flexibility index (Phi) is 5.38. The Hall–Kier alpha value is -2.42. The third-order valence-corrected chi connectivity index (χ3v) is 5.80. The van der Waals surface area contributed by atoms with Gasteiger partial charge in [-0.25, -0.2) is 0 Å². The molecule has 1 aliphatic rings. The lowest BCUT2D eigenvalue weighted by atomic mass is 9.96. The van der Waals surface area contributed by atoms with Crippen molar-refractivity contribution in [2.75, 3.05) is 13.1 Å². The topological polar surface area (TPSA) is 23.5 Å². The lowest BCUT2D eigenvalue weighted by molar-refractivity contribution is 0.263. The molecule has 0 radical (unpaired) electrons. The van der Waals surface area contributed by atoms with Crippen molar-refractivity contribution in [2.24, 2.45) is 0 Å². The summed E-state index contributed by atoms with van der Waals surface area (Å²) in [5, 5.41) is 9.56. The Bertz CT molecular complexity index is 877. The Morgan fingerprint density at radius 3 is 1.96 bits per heavy atom. The molecule has 4 rings (SSSR count). The lowest BCUT2D eigenvalue weighted by Crippen LogP contribution is -2.23. The van der Waals surface area contributed by atoms with Gasteiger partial charge in [0, 0.05) is 6.04 Å². The first-order valence-electron chi connectivity index (χ1n) is 9.90. The normalized spacial score (nSPS) is 15.8. The van der Waals surface area contributed by atoms with E-state index in [4.69, 9.17) is 0 Å². The first-order valence-corrected chi connectivity index (χ1v) is 9.90. The summed E-state index contributed by atoms with van der Waals surface area (Å²) in [6.45, 7) is 4.82. The minimum atomic E-state index is 0.0641. The van der Waals surface area contributed by atoms with Crippen LogP contribution < -0.4 is 0 Å². The van der Waals surface area contributed by atoms with E-state index in [9.17, 15) is 5.11 Å². The number of aliphatic hydroxyl groups excluding tert-OH is 1. The minimum Gasteiger partial charge on any atom is -0.392 e. The Labute approximate surface area is 162 Å². The highest BCUT2D eigenvalue weighted by Gasteiger charge is 2.19. The maximum atomic E-state index is 9.56. The van der Waals surface area contributed by atoms with E-state index in [1.165, 1.54) is 42.6 Å². The SMILES string of the molecule is CC(c1ccc(-c2ccc(-c3ccccc3CO)cc2)cc1)N1CCCC1. The summed E-state index contributed by atoms with van der Waals surface area (Å²) in [5.41, 5.74) is 7.07. The maximum Gasteiger partial charge on any atom is 0.0687 e. The van der Waals surface area contributed by atoms with Crippen molar-refractivity contribution in [3.63, 3.8) is 0 Å². The van der Waals surface area contributed by atoms with Gasteiger partial charge >= 0.3 is 0 Å². The fraction of sp³-hybridized carbons (Fsp3) is 0.280. The average molecular weight is 357 g/mol. The Morgan fingerprint density at radius 2 is 1.33 bits per heavy atom. The molecule has 27 heavy (non-hydrogen) atoms. The van der Waals surface area contributed by atoms with E-state index in [-0.39, 0.29) is 6.61 Å². The van der Waals surface area contributed by atoms with Crippen molar-refractivity contribution in [2.45, 2.75) is 32.4 Å². The van der Waals surface area contributed by atoms with Crippen LogP contribution in [0.15, 0.2) is 72.8 Å². The number of hydrogen-bond acceptors (Lipinski definition) is 2. The standard InChI is InChI=1S/C25H27NO/c1-19(26-16-4-5-17-26)20-8-10-21(11-9-20)22-12-14-23(15-13-22)25-7-3-2-6-24(25)18-27/h2-3,6-15,19,27H,4-5,16-18H2,1H3. The van der Waals surface area contributed by atoms with Crippen molar-refractivity contribution in [3.05, 3.63) is 83.9 Å². The molecule has 0 bridgehead atoms. The zero-order valence-corrected chi connectivity index (χ0v) is 15.9. The molecule has 3 aromatic rings. The number of hydrogen-bond donors (Lipinski definition) is 1. The van der Waals surface area contributed by atoms with Gasteiger partial charge in [0.15, 0.2) is 0 Å². The van der Waals surface area contributed by atoms with Gasteiger partial charge in [-0.2, -0.15) is 0 Å². The number of likely N-dealkylation sites (tertiary alicyclic amines) is 1. The molecule has 1 unspecified atom stereocenters. The molecule has 0 aliphatic carbocycles. The van der Waals surface area contributed by atoms with E-state index < -0.39 is 0 Å². The maximum absolute atomic E-state index is 9.56. The number of nitrogens with zero attached hydrogens (tertiary/aromatic N) is 1. The monoisotopic (exact) mass is 357 g/mol. The van der Waals surface area contributed by atoms with E-state index >= 15 is 0 Å². The first-order chi connectivity index (χ1) is 13.3. The van der Waals surface area contributed by atoms with Crippen LogP contribution in [0, 0.1) is 0 Å². The van der Waals surface area contributed by atoms with Crippen LogP contribution in [0.4, 0.5) is 0 Å². The summed E-state index contributed by atoms with van der Waals surface area (Å²) in [4.78, 5) is 2.57. The highest BCUT2D eigenvalue weighted by atomic mass is 16.3. The van der Waals surface area contributed by atoms with E-state index in [0.717, 1.165) is 16.7 Å². The molecule has 0 saturated carbocycles. The van der Waals surface area contributed by atoms with Crippen molar-refractivity contribution in [1.29, 1.82) is 0 Å². The van der Waals surface area contributed by atoms with Crippen molar-refractivity contribution < 1.29 is 5.11 Å². The Morgan fingerprint density at radius 1 is 0.778 bits per heavy atom. The summed E-state index contributed by atoms with van der Waals surface area (Å²) in [6, 6.07) is 26.2. The van der Waals surface area contributed by atoms with Gasteiger partial charge in [0.05, 0.1) is 6.61 Å². The average Bonchev–Trinajstić information content (AvgIpc) is 3.28. The van der Waals surface area contributed by atoms with Crippen LogP contribution in [-0.4, -0.2) is 23.1 Å². The number of rotatable bonds is 5. The Balaban J connectivity index is 1.53. The number of aliphatic hydroxyl groups is 1. The summed E-state index contributed by atoms with van der Waals surface area (Å²) < 4.78 is 0. The molecular formula is C25H27NO. The van der Waals surface area contributed by atoms with Crippen LogP contribution >= 0.6 is 0 Å². The number of benzene rings is 3. The molecule has 1 aliphatic heterocycles. The molecule has 1 heterocycles. The van der Waals surface area contributed by atoms with Crippen LogP contribution in [0.3, 0.4) is 0 Å². The van der Waals surface area contributed by atoms with Gasteiger partial charge in [0.1, 0.15) is 0 Å². The van der Waals surface area contributed by atoms with Crippen molar-refractivity contribution in [1.82, 2.24) is 4.90 Å². The smallest absolute Gasteiger partial charge is 0.0687 e. The molecule has 1 fully saturated rings. The van der Waals surface area contributed by atoms with Gasteiger partial charge in [0.25, 0.3) is 0 Å². The van der Waals surface area contributed by atoms with E-state index in [1.807, 2.05) is 18.2 Å². The summed E-state index contributed by atoms with van der Waals surface area (Å²) in [6.07, 6.45) is 2.66. The largest absolute Gasteiger partial charge is 0.392 e. The molecule has 2 nitrogen and oxygen atoms in total. The van der Waals surface area contributed by atoms with Gasteiger partial charge in [-0.05, 0) is 66.2 Å². The third-order valence-electron chi connectivity index (χ3n) is 5.80. The third kappa shape index (κ3) is 3.83. The molecule has 2 heteroatoms. The summed E-state index contributed by atoms with van der Waals surface area (Å²) >= 11 is 0. The summed E-state index contributed by atoms with van der Waals surface area (Å²) in [5.74, 6) is 0.